The number of nitriles is 1. The summed E-state index contributed by atoms with van der Waals surface area (Å²) in [6.45, 7) is 0. The molecule has 4 nitrogen and oxygen atoms in total. The minimum atomic E-state index is -0.321. The predicted octanol–water partition coefficient (Wildman–Crippen LogP) is 2.18. The van der Waals surface area contributed by atoms with Crippen molar-refractivity contribution in [2.45, 2.75) is 6.42 Å². The number of methoxy groups -OCH3 is 1. The highest BCUT2D eigenvalue weighted by Crippen LogP contribution is 2.14. The van der Waals surface area contributed by atoms with Crippen LogP contribution in [0.3, 0.4) is 0 Å². The number of aromatic nitrogens is 1. The molecule has 1 heterocycles. The lowest BCUT2D eigenvalue weighted by Gasteiger charge is -1.96. The van der Waals surface area contributed by atoms with E-state index in [0.29, 0.717) is 11.1 Å². The van der Waals surface area contributed by atoms with Crippen molar-refractivity contribution >= 4 is 23.6 Å². The Bertz CT molecular complexity index is 464. The van der Waals surface area contributed by atoms with Gasteiger partial charge in [0.25, 0.3) is 0 Å². The number of hydrogen-bond acceptors (Lipinski definition) is 4. The van der Waals surface area contributed by atoms with Gasteiger partial charge in [0.05, 0.1) is 19.1 Å². The molecular formula is C11H9ClN2O2. The predicted molar refractivity (Wildman–Crippen MR) is 59.6 cm³/mol. The van der Waals surface area contributed by atoms with Crippen molar-refractivity contribution in [3.8, 4) is 6.07 Å². The molecular weight excluding hydrogens is 228 g/mol. The maximum absolute atomic E-state index is 10.8. The zero-order chi connectivity index (χ0) is 12.0. The van der Waals surface area contributed by atoms with E-state index in [1.165, 1.54) is 13.3 Å². The second-order valence-electron chi connectivity index (χ2n) is 2.90. The first-order valence-corrected chi connectivity index (χ1v) is 4.84. The fraction of sp³-hybridized carbons (Fsp3) is 0.182. The number of rotatable bonds is 3. The first kappa shape index (κ1) is 12.2. The molecule has 82 valence electrons. The van der Waals surface area contributed by atoms with Crippen LogP contribution in [0.2, 0.25) is 5.15 Å². The Morgan fingerprint density at radius 1 is 1.75 bits per heavy atom. The van der Waals surface area contributed by atoms with E-state index < -0.39 is 0 Å². The van der Waals surface area contributed by atoms with E-state index in [-0.39, 0.29) is 17.5 Å². The van der Waals surface area contributed by atoms with Crippen LogP contribution in [0, 0.1) is 11.3 Å². The smallest absolute Gasteiger partial charge is 0.309 e. The molecule has 0 aliphatic carbocycles. The third-order valence-corrected chi connectivity index (χ3v) is 2.10. The average molecular weight is 237 g/mol. The first-order chi connectivity index (χ1) is 7.67. The van der Waals surface area contributed by atoms with Crippen LogP contribution in [0.5, 0.6) is 0 Å². The SMILES string of the molecule is COC(=O)CC=Cc1cnc(Cl)c(C#N)c1. The van der Waals surface area contributed by atoms with Gasteiger partial charge >= 0.3 is 5.97 Å². The van der Waals surface area contributed by atoms with E-state index in [4.69, 9.17) is 16.9 Å². The molecule has 1 aromatic heterocycles. The van der Waals surface area contributed by atoms with Gasteiger partial charge in [-0.1, -0.05) is 23.8 Å². The summed E-state index contributed by atoms with van der Waals surface area (Å²) >= 11 is 5.67. The Labute approximate surface area is 98.1 Å². The summed E-state index contributed by atoms with van der Waals surface area (Å²) in [7, 11) is 1.33. The second-order valence-corrected chi connectivity index (χ2v) is 3.26. The molecule has 0 amide bonds. The van der Waals surface area contributed by atoms with Crippen LogP contribution in [0.15, 0.2) is 18.3 Å². The number of carbonyl (C=O) groups is 1. The van der Waals surface area contributed by atoms with Crippen molar-refractivity contribution in [2.24, 2.45) is 0 Å². The lowest BCUT2D eigenvalue weighted by Crippen LogP contribution is -1.96. The number of ether oxygens (including phenoxy) is 1. The van der Waals surface area contributed by atoms with E-state index in [9.17, 15) is 4.79 Å². The molecule has 1 rings (SSSR count). The van der Waals surface area contributed by atoms with E-state index in [2.05, 4.69) is 9.72 Å². The molecule has 0 atom stereocenters. The highest BCUT2D eigenvalue weighted by molar-refractivity contribution is 6.30. The fourth-order valence-electron chi connectivity index (χ4n) is 1.01. The maximum atomic E-state index is 10.8. The molecule has 0 aliphatic heterocycles. The Morgan fingerprint density at radius 2 is 2.50 bits per heavy atom. The molecule has 0 radical (unpaired) electrons. The van der Waals surface area contributed by atoms with Crippen molar-refractivity contribution in [3.63, 3.8) is 0 Å². The molecule has 1 aromatic rings. The van der Waals surface area contributed by atoms with Crippen LogP contribution in [0.25, 0.3) is 6.08 Å². The van der Waals surface area contributed by atoms with Crippen molar-refractivity contribution in [3.05, 3.63) is 34.6 Å². The highest BCUT2D eigenvalue weighted by Gasteiger charge is 2.00. The molecule has 0 saturated heterocycles. The van der Waals surface area contributed by atoms with E-state index in [1.807, 2.05) is 6.07 Å². The van der Waals surface area contributed by atoms with Gasteiger partial charge in [0, 0.05) is 6.20 Å². The van der Waals surface area contributed by atoms with Crippen LogP contribution in [-0.2, 0) is 9.53 Å². The van der Waals surface area contributed by atoms with Crippen LogP contribution >= 0.6 is 11.6 Å². The maximum Gasteiger partial charge on any atom is 0.309 e. The molecule has 0 fully saturated rings. The molecule has 5 heteroatoms. The third kappa shape index (κ3) is 3.37. The van der Waals surface area contributed by atoms with Gasteiger partial charge < -0.3 is 4.74 Å². The lowest BCUT2D eigenvalue weighted by atomic mass is 10.2. The van der Waals surface area contributed by atoms with Gasteiger partial charge in [-0.25, -0.2) is 4.98 Å². The minimum Gasteiger partial charge on any atom is -0.469 e. The van der Waals surface area contributed by atoms with Gasteiger partial charge in [0.1, 0.15) is 11.2 Å². The molecule has 0 saturated carbocycles. The number of carbonyl (C=O) groups excluding carboxylic acids is 1. The van der Waals surface area contributed by atoms with Crippen LogP contribution < -0.4 is 0 Å². The van der Waals surface area contributed by atoms with Gasteiger partial charge in [-0.05, 0) is 11.6 Å². The molecule has 0 bridgehead atoms. The average Bonchev–Trinajstić information content (AvgIpc) is 2.31. The normalized spacial score (nSPS) is 10.1. The molecule has 0 aromatic carbocycles. The van der Waals surface area contributed by atoms with Crippen molar-refractivity contribution in [1.82, 2.24) is 4.98 Å². The second kappa shape index (κ2) is 5.89. The van der Waals surface area contributed by atoms with Gasteiger partial charge in [-0.15, -0.1) is 0 Å². The lowest BCUT2D eigenvalue weighted by molar-refractivity contribution is -0.139. The Hall–Kier alpha value is -1.86. The van der Waals surface area contributed by atoms with Gasteiger partial charge in [0.15, 0.2) is 0 Å². The molecule has 0 aliphatic rings. The summed E-state index contributed by atoms with van der Waals surface area (Å²) < 4.78 is 4.47. The monoisotopic (exact) mass is 236 g/mol. The number of esters is 1. The molecule has 0 N–H and O–H groups in total. The topological polar surface area (TPSA) is 63.0 Å². The standard InChI is InChI=1S/C11H9ClN2O2/c1-16-10(15)4-2-3-8-5-9(6-13)11(12)14-7-8/h2-3,5,7H,4H2,1H3. The minimum absolute atomic E-state index is 0.174. The number of nitrogens with zero attached hydrogens (tertiary/aromatic N) is 2. The number of halogens is 1. The summed E-state index contributed by atoms with van der Waals surface area (Å²) in [4.78, 5) is 14.7. The van der Waals surface area contributed by atoms with Crippen LogP contribution in [0.1, 0.15) is 17.5 Å². The van der Waals surface area contributed by atoms with Gasteiger partial charge in [-0.3, -0.25) is 4.79 Å². The van der Waals surface area contributed by atoms with Crippen LogP contribution in [-0.4, -0.2) is 18.1 Å². The van der Waals surface area contributed by atoms with Crippen molar-refractivity contribution in [1.29, 1.82) is 5.26 Å². The fourth-order valence-corrected chi connectivity index (χ4v) is 1.15. The first-order valence-electron chi connectivity index (χ1n) is 4.46. The number of pyridine rings is 1. The molecule has 0 spiro atoms. The molecule has 16 heavy (non-hydrogen) atoms. The van der Waals surface area contributed by atoms with Crippen molar-refractivity contribution < 1.29 is 9.53 Å². The zero-order valence-corrected chi connectivity index (χ0v) is 9.36. The quantitative estimate of drug-likeness (QED) is 0.596. The van der Waals surface area contributed by atoms with E-state index >= 15 is 0 Å². The number of hydrogen-bond donors (Lipinski definition) is 0. The van der Waals surface area contributed by atoms with Crippen LogP contribution in [0.4, 0.5) is 0 Å². The molecule has 0 unspecified atom stereocenters. The zero-order valence-electron chi connectivity index (χ0n) is 8.61. The summed E-state index contributed by atoms with van der Waals surface area (Å²) in [5, 5.41) is 8.90. The third-order valence-electron chi connectivity index (χ3n) is 1.80. The van der Waals surface area contributed by atoms with Gasteiger partial charge in [-0.2, -0.15) is 5.26 Å². The van der Waals surface area contributed by atoms with Gasteiger partial charge in [0.2, 0.25) is 0 Å². The van der Waals surface area contributed by atoms with E-state index in [0.717, 1.165) is 0 Å². The Kier molecular flexibility index (Phi) is 4.49. The highest BCUT2D eigenvalue weighted by atomic mass is 35.5. The largest absolute Gasteiger partial charge is 0.469 e. The summed E-state index contributed by atoms with van der Waals surface area (Å²) in [5.74, 6) is -0.321. The van der Waals surface area contributed by atoms with Crippen molar-refractivity contribution in [2.75, 3.05) is 7.11 Å². The van der Waals surface area contributed by atoms with E-state index in [1.54, 1.807) is 18.2 Å². The summed E-state index contributed by atoms with van der Waals surface area (Å²) in [5.41, 5.74) is 1.02. The Balaban J connectivity index is 2.75. The Morgan fingerprint density at radius 3 is 3.12 bits per heavy atom. The summed E-state index contributed by atoms with van der Waals surface area (Å²) in [6, 6.07) is 3.53. The summed E-state index contributed by atoms with van der Waals surface area (Å²) in [6.07, 6.45) is 5.02.